The first-order valence-electron chi connectivity index (χ1n) is 10.6. The van der Waals surface area contributed by atoms with Crippen LogP contribution in [0.1, 0.15) is 27.9 Å². The molecule has 0 aliphatic carbocycles. The summed E-state index contributed by atoms with van der Waals surface area (Å²) >= 11 is 0. The molecule has 0 atom stereocenters. The Bertz CT molecular complexity index is 1150. The molecule has 0 aliphatic rings. The van der Waals surface area contributed by atoms with E-state index in [4.69, 9.17) is 0 Å². The van der Waals surface area contributed by atoms with Gasteiger partial charge in [0.25, 0.3) is 11.6 Å². The number of nitro groups is 1. The van der Waals surface area contributed by atoms with E-state index in [2.05, 4.69) is 10.6 Å². The van der Waals surface area contributed by atoms with Crippen LogP contribution in [0.2, 0.25) is 0 Å². The van der Waals surface area contributed by atoms with Crippen LogP contribution in [0.5, 0.6) is 0 Å². The van der Waals surface area contributed by atoms with Gasteiger partial charge in [-0.3, -0.25) is 19.8 Å². The van der Waals surface area contributed by atoms with Gasteiger partial charge in [-0.2, -0.15) is 0 Å². The molecular weight excluding hydrogens is 420 g/mol. The number of para-hydroxylation sites is 2. The van der Waals surface area contributed by atoms with Crippen molar-refractivity contribution in [3.05, 3.63) is 99.6 Å². The van der Waals surface area contributed by atoms with E-state index >= 15 is 0 Å². The maximum atomic E-state index is 13.0. The number of benzene rings is 3. The van der Waals surface area contributed by atoms with Crippen molar-refractivity contribution in [2.45, 2.75) is 20.3 Å². The van der Waals surface area contributed by atoms with Gasteiger partial charge in [0.2, 0.25) is 0 Å². The average Bonchev–Trinajstić information content (AvgIpc) is 2.81. The molecule has 0 unspecified atom stereocenters. The summed E-state index contributed by atoms with van der Waals surface area (Å²) in [5, 5.41) is 16.8. The SMILES string of the molecule is Cc1ccccc1NC(=O)N(CCCNC(=O)c1ccc(C)c([N+](=O)[O-])c1)c1ccccc1. The molecule has 3 amide bonds. The Morgan fingerprint density at radius 3 is 2.33 bits per heavy atom. The highest BCUT2D eigenvalue weighted by molar-refractivity contribution is 6.02. The second-order valence-corrected chi connectivity index (χ2v) is 7.60. The van der Waals surface area contributed by atoms with Crippen LogP contribution in [0.4, 0.5) is 21.9 Å². The lowest BCUT2D eigenvalue weighted by Crippen LogP contribution is -2.37. The fourth-order valence-electron chi connectivity index (χ4n) is 3.34. The molecule has 0 fully saturated rings. The van der Waals surface area contributed by atoms with E-state index in [1.807, 2.05) is 61.5 Å². The molecule has 170 valence electrons. The van der Waals surface area contributed by atoms with E-state index in [1.165, 1.54) is 6.07 Å². The van der Waals surface area contributed by atoms with Crippen molar-refractivity contribution in [2.24, 2.45) is 0 Å². The summed E-state index contributed by atoms with van der Waals surface area (Å²) in [5.74, 6) is -0.395. The zero-order valence-corrected chi connectivity index (χ0v) is 18.6. The number of nitrogens with one attached hydrogen (secondary N) is 2. The van der Waals surface area contributed by atoms with Crippen molar-refractivity contribution in [1.29, 1.82) is 0 Å². The van der Waals surface area contributed by atoms with E-state index in [9.17, 15) is 19.7 Å². The van der Waals surface area contributed by atoms with Gasteiger partial charge in [-0.15, -0.1) is 0 Å². The number of nitrogens with zero attached hydrogens (tertiary/aromatic N) is 2. The summed E-state index contributed by atoms with van der Waals surface area (Å²) in [6.45, 7) is 4.23. The smallest absolute Gasteiger partial charge is 0.326 e. The van der Waals surface area contributed by atoms with Gasteiger partial charge >= 0.3 is 6.03 Å². The van der Waals surface area contributed by atoms with Gasteiger partial charge in [-0.1, -0.05) is 42.5 Å². The summed E-state index contributed by atoms with van der Waals surface area (Å²) < 4.78 is 0. The van der Waals surface area contributed by atoms with Crippen LogP contribution in [0.15, 0.2) is 72.8 Å². The number of amides is 3. The average molecular weight is 447 g/mol. The van der Waals surface area contributed by atoms with Crippen LogP contribution in [0.3, 0.4) is 0 Å². The van der Waals surface area contributed by atoms with E-state index in [0.29, 0.717) is 25.1 Å². The summed E-state index contributed by atoms with van der Waals surface area (Å²) in [6.07, 6.45) is 0.496. The molecule has 3 aromatic rings. The molecule has 8 heteroatoms. The molecule has 0 aliphatic heterocycles. The highest BCUT2D eigenvalue weighted by Crippen LogP contribution is 2.20. The normalized spacial score (nSPS) is 10.4. The third-order valence-corrected chi connectivity index (χ3v) is 5.21. The minimum Gasteiger partial charge on any atom is -0.352 e. The van der Waals surface area contributed by atoms with Crippen molar-refractivity contribution < 1.29 is 14.5 Å². The molecule has 0 heterocycles. The second kappa shape index (κ2) is 10.9. The van der Waals surface area contributed by atoms with Gasteiger partial charge in [-0.25, -0.2) is 4.79 Å². The van der Waals surface area contributed by atoms with Gasteiger partial charge in [0.1, 0.15) is 0 Å². The molecule has 0 spiro atoms. The number of nitro benzene ring substituents is 1. The number of urea groups is 1. The van der Waals surface area contributed by atoms with Crippen LogP contribution >= 0.6 is 0 Å². The third-order valence-electron chi connectivity index (χ3n) is 5.21. The first-order chi connectivity index (χ1) is 15.9. The summed E-state index contributed by atoms with van der Waals surface area (Å²) in [4.78, 5) is 37.7. The van der Waals surface area contributed by atoms with Crippen LogP contribution in [-0.2, 0) is 0 Å². The summed E-state index contributed by atoms with van der Waals surface area (Å²) in [6, 6.07) is 20.9. The second-order valence-electron chi connectivity index (χ2n) is 7.60. The van der Waals surface area contributed by atoms with E-state index in [1.54, 1.807) is 24.0 Å². The quantitative estimate of drug-likeness (QED) is 0.286. The Labute approximate surface area is 192 Å². The van der Waals surface area contributed by atoms with E-state index in [-0.39, 0.29) is 17.3 Å². The van der Waals surface area contributed by atoms with E-state index < -0.39 is 10.8 Å². The minimum absolute atomic E-state index is 0.0919. The largest absolute Gasteiger partial charge is 0.352 e. The number of hydrogen-bond acceptors (Lipinski definition) is 4. The van der Waals surface area contributed by atoms with Gasteiger partial charge < -0.3 is 10.6 Å². The standard InChI is InChI=1S/C25H26N4O4/c1-18-9-6-7-12-22(18)27-25(31)28(21-10-4-3-5-11-21)16-8-15-26-24(30)20-14-13-19(2)23(17-20)29(32)33/h3-7,9-14,17H,8,15-16H2,1-2H3,(H,26,30)(H,27,31). The Balaban J connectivity index is 1.63. The number of rotatable bonds is 8. The van der Waals surface area contributed by atoms with Crippen LogP contribution in [0.25, 0.3) is 0 Å². The zero-order chi connectivity index (χ0) is 23.8. The number of aryl methyl sites for hydroxylation is 2. The van der Waals surface area contributed by atoms with Crippen LogP contribution in [-0.4, -0.2) is 30.0 Å². The van der Waals surface area contributed by atoms with E-state index in [0.717, 1.165) is 16.9 Å². The van der Waals surface area contributed by atoms with Gasteiger partial charge in [-0.05, 0) is 50.1 Å². The summed E-state index contributed by atoms with van der Waals surface area (Å²) in [7, 11) is 0. The fourth-order valence-corrected chi connectivity index (χ4v) is 3.34. The molecule has 33 heavy (non-hydrogen) atoms. The van der Waals surface area contributed by atoms with Crippen molar-refractivity contribution in [3.8, 4) is 0 Å². The van der Waals surface area contributed by atoms with Crippen molar-refractivity contribution >= 4 is 29.0 Å². The molecular formula is C25H26N4O4. The predicted octanol–water partition coefficient (Wildman–Crippen LogP) is 5.07. The number of anilines is 2. The maximum absolute atomic E-state index is 13.0. The van der Waals surface area contributed by atoms with Gasteiger partial charge in [0.05, 0.1) is 4.92 Å². The monoisotopic (exact) mass is 446 g/mol. The third kappa shape index (κ3) is 6.16. The molecule has 3 aromatic carbocycles. The van der Waals surface area contributed by atoms with Crippen molar-refractivity contribution in [1.82, 2.24) is 5.32 Å². The van der Waals surface area contributed by atoms with Gasteiger partial charge in [0, 0.05) is 41.7 Å². The molecule has 0 radical (unpaired) electrons. The molecule has 8 nitrogen and oxygen atoms in total. The Hall–Kier alpha value is -4.20. The lowest BCUT2D eigenvalue weighted by molar-refractivity contribution is -0.385. The minimum atomic E-state index is -0.503. The van der Waals surface area contributed by atoms with Crippen molar-refractivity contribution in [2.75, 3.05) is 23.3 Å². The lowest BCUT2D eigenvalue weighted by atomic mass is 10.1. The first-order valence-corrected chi connectivity index (χ1v) is 10.6. The Kier molecular flexibility index (Phi) is 7.75. The topological polar surface area (TPSA) is 105 Å². The molecule has 3 rings (SSSR count). The highest BCUT2D eigenvalue weighted by atomic mass is 16.6. The predicted molar refractivity (Wildman–Crippen MR) is 129 cm³/mol. The van der Waals surface area contributed by atoms with Gasteiger partial charge in [0.15, 0.2) is 0 Å². The first kappa shape index (κ1) is 23.5. The molecule has 0 saturated heterocycles. The van der Waals surface area contributed by atoms with Crippen LogP contribution < -0.4 is 15.5 Å². The highest BCUT2D eigenvalue weighted by Gasteiger charge is 2.17. The molecule has 0 aromatic heterocycles. The Morgan fingerprint density at radius 1 is 0.939 bits per heavy atom. The number of carbonyl (C=O) groups is 2. The number of hydrogen-bond donors (Lipinski definition) is 2. The molecule has 0 bridgehead atoms. The lowest BCUT2D eigenvalue weighted by Gasteiger charge is -2.24. The molecule has 0 saturated carbocycles. The zero-order valence-electron chi connectivity index (χ0n) is 18.6. The number of carbonyl (C=O) groups excluding carboxylic acids is 2. The Morgan fingerprint density at radius 2 is 1.64 bits per heavy atom. The van der Waals surface area contributed by atoms with Crippen molar-refractivity contribution in [3.63, 3.8) is 0 Å². The molecule has 2 N–H and O–H groups in total. The summed E-state index contributed by atoms with van der Waals surface area (Å²) in [5.41, 5.74) is 3.06. The van der Waals surface area contributed by atoms with Crippen LogP contribution in [0, 0.1) is 24.0 Å². The fraction of sp³-hybridized carbons (Fsp3) is 0.200. The maximum Gasteiger partial charge on any atom is 0.326 e.